The first kappa shape index (κ1) is 15.2. The van der Waals surface area contributed by atoms with Crippen LogP contribution in [0, 0.1) is 11.6 Å². The molecule has 0 saturated carbocycles. The zero-order chi connectivity index (χ0) is 16.2. The van der Waals surface area contributed by atoms with E-state index in [1.165, 1.54) is 23.0 Å². The van der Waals surface area contributed by atoms with Crippen LogP contribution in [0.15, 0.2) is 48.5 Å². The number of nitrogens with zero attached hydrogens (tertiary/aromatic N) is 5. The molecule has 0 fully saturated rings. The van der Waals surface area contributed by atoms with E-state index >= 15 is 0 Å². The van der Waals surface area contributed by atoms with Crippen molar-refractivity contribution in [3.63, 3.8) is 0 Å². The summed E-state index contributed by atoms with van der Waals surface area (Å²) in [7, 11) is 1.84. The van der Waals surface area contributed by atoms with Crippen LogP contribution in [-0.2, 0) is 13.2 Å². The lowest BCUT2D eigenvalue weighted by molar-refractivity contribution is 0.224. The molecule has 0 saturated heterocycles. The van der Waals surface area contributed by atoms with Crippen molar-refractivity contribution in [3.8, 4) is 11.4 Å². The molecule has 0 aliphatic heterocycles. The van der Waals surface area contributed by atoms with Crippen LogP contribution in [0.1, 0.15) is 5.56 Å². The van der Waals surface area contributed by atoms with Crippen LogP contribution in [0.5, 0.6) is 0 Å². The van der Waals surface area contributed by atoms with E-state index in [-0.39, 0.29) is 11.6 Å². The highest BCUT2D eigenvalue weighted by Gasteiger charge is 2.09. The van der Waals surface area contributed by atoms with Gasteiger partial charge in [-0.2, -0.15) is 0 Å². The monoisotopic (exact) mass is 315 g/mol. The van der Waals surface area contributed by atoms with E-state index in [0.717, 1.165) is 0 Å². The molecule has 0 unspecified atom stereocenters. The molecule has 3 aromatic rings. The molecule has 118 valence electrons. The minimum Gasteiger partial charge on any atom is -0.282 e. The molecule has 0 radical (unpaired) electrons. The van der Waals surface area contributed by atoms with Gasteiger partial charge in [-0.15, -0.1) is 15.0 Å². The van der Waals surface area contributed by atoms with Gasteiger partial charge in [0.15, 0.2) is 0 Å². The molecule has 0 aliphatic rings. The van der Waals surface area contributed by atoms with E-state index < -0.39 is 0 Å². The molecule has 0 amide bonds. The summed E-state index contributed by atoms with van der Waals surface area (Å²) in [6.07, 6.45) is 0. The Hall–Kier alpha value is -2.67. The zero-order valence-corrected chi connectivity index (χ0v) is 12.5. The Bertz CT molecular complexity index is 785. The van der Waals surface area contributed by atoms with Crippen LogP contribution < -0.4 is 0 Å². The van der Waals surface area contributed by atoms with Crippen molar-refractivity contribution in [1.82, 2.24) is 25.1 Å². The van der Waals surface area contributed by atoms with Crippen molar-refractivity contribution in [1.29, 1.82) is 0 Å². The smallest absolute Gasteiger partial charge is 0.204 e. The topological polar surface area (TPSA) is 46.8 Å². The third-order valence-electron chi connectivity index (χ3n) is 3.32. The van der Waals surface area contributed by atoms with E-state index in [9.17, 15) is 8.78 Å². The predicted octanol–water partition coefficient (Wildman–Crippen LogP) is 2.71. The van der Waals surface area contributed by atoms with E-state index in [1.807, 2.05) is 11.9 Å². The highest BCUT2D eigenvalue weighted by molar-refractivity contribution is 5.53. The molecule has 0 aliphatic carbocycles. The Morgan fingerprint density at radius 3 is 2.52 bits per heavy atom. The minimum absolute atomic E-state index is 0.238. The highest BCUT2D eigenvalue weighted by atomic mass is 19.1. The Balaban J connectivity index is 1.67. The van der Waals surface area contributed by atoms with Gasteiger partial charge in [-0.3, -0.25) is 4.90 Å². The standard InChI is InChI=1S/C16H15F2N5/c1-22(10-13-4-2-3-5-15(13)18)11-23-20-16(19-21-23)12-6-8-14(17)9-7-12/h2-9H,10-11H2,1H3. The fourth-order valence-corrected chi connectivity index (χ4v) is 2.20. The van der Waals surface area contributed by atoms with Crippen molar-refractivity contribution < 1.29 is 8.78 Å². The number of aromatic nitrogens is 4. The van der Waals surface area contributed by atoms with Gasteiger partial charge >= 0.3 is 0 Å². The fraction of sp³-hybridized carbons (Fsp3) is 0.188. The van der Waals surface area contributed by atoms with Gasteiger partial charge in [0.05, 0.1) is 0 Å². The van der Waals surface area contributed by atoms with Crippen LogP contribution in [0.3, 0.4) is 0 Å². The summed E-state index contributed by atoms with van der Waals surface area (Å²) in [5.74, 6) is -0.132. The Kier molecular flexibility index (Phi) is 4.38. The molecule has 3 rings (SSSR count). The lowest BCUT2D eigenvalue weighted by Crippen LogP contribution is -2.23. The second-order valence-electron chi connectivity index (χ2n) is 5.24. The average molecular weight is 315 g/mol. The third kappa shape index (κ3) is 3.75. The molecule has 7 heteroatoms. The van der Waals surface area contributed by atoms with Crippen molar-refractivity contribution in [2.75, 3.05) is 7.05 Å². The van der Waals surface area contributed by atoms with Gasteiger partial charge in [-0.25, -0.2) is 8.78 Å². The largest absolute Gasteiger partial charge is 0.282 e. The van der Waals surface area contributed by atoms with Gasteiger partial charge < -0.3 is 0 Å². The summed E-state index contributed by atoms with van der Waals surface area (Å²) in [6, 6.07) is 12.5. The summed E-state index contributed by atoms with van der Waals surface area (Å²) in [5, 5.41) is 12.2. The molecular weight excluding hydrogens is 300 g/mol. The molecule has 1 aromatic heterocycles. The maximum absolute atomic E-state index is 13.6. The maximum Gasteiger partial charge on any atom is 0.204 e. The number of benzene rings is 2. The maximum atomic E-state index is 13.6. The van der Waals surface area contributed by atoms with Crippen LogP contribution in [0.25, 0.3) is 11.4 Å². The first-order valence-electron chi connectivity index (χ1n) is 7.07. The minimum atomic E-state index is -0.314. The number of tetrazole rings is 1. The summed E-state index contributed by atoms with van der Waals surface area (Å²) >= 11 is 0. The van der Waals surface area contributed by atoms with Crippen LogP contribution in [0.4, 0.5) is 8.78 Å². The van der Waals surface area contributed by atoms with Gasteiger partial charge in [-0.05, 0) is 42.6 Å². The van der Waals surface area contributed by atoms with Crippen molar-refractivity contribution >= 4 is 0 Å². The van der Waals surface area contributed by atoms with Gasteiger partial charge in [0.1, 0.15) is 18.3 Å². The summed E-state index contributed by atoms with van der Waals surface area (Å²) in [6.45, 7) is 0.794. The Morgan fingerprint density at radius 1 is 1.04 bits per heavy atom. The first-order valence-corrected chi connectivity index (χ1v) is 7.07. The van der Waals surface area contributed by atoms with Crippen LogP contribution in [0.2, 0.25) is 0 Å². The van der Waals surface area contributed by atoms with Gasteiger partial charge in [0.25, 0.3) is 0 Å². The molecular formula is C16H15F2N5. The summed E-state index contributed by atoms with van der Waals surface area (Å²) < 4.78 is 26.6. The second-order valence-corrected chi connectivity index (χ2v) is 5.24. The average Bonchev–Trinajstić information content (AvgIpc) is 2.98. The number of hydrogen-bond donors (Lipinski definition) is 0. The molecule has 23 heavy (non-hydrogen) atoms. The Labute approximate surface area is 132 Å². The van der Waals surface area contributed by atoms with Crippen molar-refractivity contribution in [2.45, 2.75) is 13.2 Å². The van der Waals surface area contributed by atoms with Gasteiger partial charge in [0.2, 0.25) is 5.82 Å². The predicted molar refractivity (Wildman–Crippen MR) is 81.1 cm³/mol. The zero-order valence-electron chi connectivity index (χ0n) is 12.5. The molecule has 1 heterocycles. The third-order valence-corrected chi connectivity index (χ3v) is 3.32. The van der Waals surface area contributed by atoms with E-state index in [1.54, 1.807) is 30.3 Å². The first-order chi connectivity index (χ1) is 11.1. The molecule has 0 bridgehead atoms. The molecule has 0 N–H and O–H groups in total. The van der Waals surface area contributed by atoms with Gasteiger partial charge in [0, 0.05) is 17.7 Å². The van der Waals surface area contributed by atoms with Crippen molar-refractivity contribution in [2.24, 2.45) is 0 Å². The Morgan fingerprint density at radius 2 is 1.78 bits per heavy atom. The number of rotatable bonds is 5. The highest BCUT2D eigenvalue weighted by Crippen LogP contribution is 2.14. The van der Waals surface area contributed by atoms with Crippen molar-refractivity contribution in [3.05, 3.63) is 65.7 Å². The second kappa shape index (κ2) is 6.62. The lowest BCUT2D eigenvalue weighted by atomic mass is 10.2. The molecule has 0 atom stereocenters. The van der Waals surface area contributed by atoms with E-state index in [0.29, 0.717) is 30.2 Å². The molecule has 0 spiro atoms. The quantitative estimate of drug-likeness (QED) is 0.726. The summed E-state index contributed by atoms with van der Waals surface area (Å²) in [4.78, 5) is 3.29. The molecule has 5 nitrogen and oxygen atoms in total. The number of hydrogen-bond acceptors (Lipinski definition) is 4. The van der Waals surface area contributed by atoms with Crippen LogP contribution >= 0.6 is 0 Å². The SMILES string of the molecule is CN(Cc1ccccc1F)Cn1nnc(-c2ccc(F)cc2)n1. The molecule has 2 aromatic carbocycles. The van der Waals surface area contributed by atoms with E-state index in [2.05, 4.69) is 15.4 Å². The fourth-order valence-electron chi connectivity index (χ4n) is 2.20. The number of halogens is 2. The van der Waals surface area contributed by atoms with Gasteiger partial charge in [-0.1, -0.05) is 18.2 Å². The normalized spacial score (nSPS) is 11.1. The summed E-state index contributed by atoms with van der Waals surface area (Å²) in [5.41, 5.74) is 1.29. The van der Waals surface area contributed by atoms with E-state index in [4.69, 9.17) is 0 Å². The van der Waals surface area contributed by atoms with Crippen LogP contribution in [-0.4, -0.2) is 32.2 Å². The lowest BCUT2D eigenvalue weighted by Gasteiger charge is -2.15.